The lowest BCUT2D eigenvalue weighted by Crippen LogP contribution is -2.32. The molecule has 0 aromatic heterocycles. The van der Waals surface area contributed by atoms with Gasteiger partial charge in [0.25, 0.3) is 0 Å². The summed E-state index contributed by atoms with van der Waals surface area (Å²) in [4.78, 5) is 5.55. The summed E-state index contributed by atoms with van der Waals surface area (Å²) in [6, 6.07) is 0.683. The third-order valence-corrected chi connectivity index (χ3v) is 2.73. The SMILES string of the molecule is C1CNCCC(N2CCCO2)C1. The fourth-order valence-corrected chi connectivity index (χ4v) is 2.04. The highest BCUT2D eigenvalue weighted by molar-refractivity contribution is 4.73. The average molecular weight is 170 g/mol. The molecular formula is C9H18N2O. The van der Waals surface area contributed by atoms with Crippen LogP contribution in [-0.4, -0.2) is 37.3 Å². The molecule has 1 atom stereocenters. The van der Waals surface area contributed by atoms with Crippen molar-refractivity contribution in [3.05, 3.63) is 0 Å². The Bertz CT molecular complexity index is 126. The van der Waals surface area contributed by atoms with E-state index < -0.39 is 0 Å². The standard InChI is InChI=1S/C9H18N2O/c1-3-9(4-6-10-5-1)11-7-2-8-12-11/h9-10H,1-8H2. The fourth-order valence-electron chi connectivity index (χ4n) is 2.04. The average Bonchev–Trinajstić information content (AvgIpc) is 2.48. The highest BCUT2D eigenvalue weighted by Gasteiger charge is 2.23. The zero-order valence-corrected chi connectivity index (χ0v) is 7.59. The second kappa shape index (κ2) is 4.21. The summed E-state index contributed by atoms with van der Waals surface area (Å²) in [5.41, 5.74) is 0. The summed E-state index contributed by atoms with van der Waals surface area (Å²) in [6.07, 6.45) is 5.06. The minimum atomic E-state index is 0.683. The van der Waals surface area contributed by atoms with Gasteiger partial charge in [0.2, 0.25) is 0 Å². The molecule has 0 saturated carbocycles. The third kappa shape index (κ3) is 1.97. The molecule has 0 amide bonds. The first-order valence-electron chi connectivity index (χ1n) is 5.07. The van der Waals surface area contributed by atoms with Crippen molar-refractivity contribution >= 4 is 0 Å². The van der Waals surface area contributed by atoms with Crippen molar-refractivity contribution in [1.29, 1.82) is 0 Å². The van der Waals surface area contributed by atoms with Crippen LogP contribution < -0.4 is 5.32 Å². The van der Waals surface area contributed by atoms with Gasteiger partial charge in [-0.25, -0.2) is 0 Å². The Morgan fingerprint density at radius 1 is 1.17 bits per heavy atom. The minimum Gasteiger partial charge on any atom is -0.317 e. The number of hydroxylamine groups is 2. The molecule has 2 fully saturated rings. The van der Waals surface area contributed by atoms with E-state index in [-0.39, 0.29) is 0 Å². The van der Waals surface area contributed by atoms with E-state index >= 15 is 0 Å². The van der Waals surface area contributed by atoms with E-state index in [2.05, 4.69) is 10.4 Å². The van der Waals surface area contributed by atoms with Crippen LogP contribution in [0.1, 0.15) is 25.7 Å². The Morgan fingerprint density at radius 2 is 2.17 bits per heavy atom. The van der Waals surface area contributed by atoms with Gasteiger partial charge in [0.15, 0.2) is 0 Å². The van der Waals surface area contributed by atoms with Gasteiger partial charge in [-0.15, -0.1) is 0 Å². The van der Waals surface area contributed by atoms with Crippen LogP contribution >= 0.6 is 0 Å². The second-order valence-electron chi connectivity index (χ2n) is 3.66. The highest BCUT2D eigenvalue weighted by atomic mass is 16.7. The van der Waals surface area contributed by atoms with Gasteiger partial charge >= 0.3 is 0 Å². The largest absolute Gasteiger partial charge is 0.317 e. The molecule has 3 nitrogen and oxygen atoms in total. The van der Waals surface area contributed by atoms with Gasteiger partial charge in [-0.3, -0.25) is 4.84 Å². The summed E-state index contributed by atoms with van der Waals surface area (Å²) >= 11 is 0. The summed E-state index contributed by atoms with van der Waals surface area (Å²) in [5.74, 6) is 0. The van der Waals surface area contributed by atoms with Crippen molar-refractivity contribution in [2.45, 2.75) is 31.7 Å². The molecular weight excluding hydrogens is 152 g/mol. The van der Waals surface area contributed by atoms with Gasteiger partial charge < -0.3 is 5.32 Å². The molecule has 0 aromatic carbocycles. The maximum atomic E-state index is 5.55. The highest BCUT2D eigenvalue weighted by Crippen LogP contribution is 2.17. The fraction of sp³-hybridized carbons (Fsp3) is 1.00. The van der Waals surface area contributed by atoms with Crippen molar-refractivity contribution in [3.8, 4) is 0 Å². The van der Waals surface area contributed by atoms with Crippen molar-refractivity contribution < 1.29 is 4.84 Å². The summed E-state index contributed by atoms with van der Waals surface area (Å²) in [6.45, 7) is 4.42. The van der Waals surface area contributed by atoms with Crippen molar-refractivity contribution in [2.24, 2.45) is 0 Å². The Labute approximate surface area is 74.0 Å². The molecule has 1 N–H and O–H groups in total. The molecule has 2 saturated heterocycles. The molecule has 2 aliphatic rings. The van der Waals surface area contributed by atoms with E-state index in [1.165, 1.54) is 32.2 Å². The Morgan fingerprint density at radius 3 is 3.00 bits per heavy atom. The molecule has 2 rings (SSSR count). The predicted molar refractivity (Wildman–Crippen MR) is 47.8 cm³/mol. The van der Waals surface area contributed by atoms with E-state index in [4.69, 9.17) is 4.84 Å². The van der Waals surface area contributed by atoms with Gasteiger partial charge in [0, 0.05) is 12.6 Å². The van der Waals surface area contributed by atoms with Crippen molar-refractivity contribution in [2.75, 3.05) is 26.2 Å². The maximum Gasteiger partial charge on any atom is 0.0698 e. The van der Waals surface area contributed by atoms with E-state index in [0.29, 0.717) is 6.04 Å². The molecule has 3 heteroatoms. The molecule has 0 spiro atoms. The molecule has 2 heterocycles. The Balaban J connectivity index is 1.83. The number of hydrogen-bond donors (Lipinski definition) is 1. The summed E-state index contributed by atoms with van der Waals surface area (Å²) in [7, 11) is 0. The van der Waals surface area contributed by atoms with E-state index in [1.807, 2.05) is 0 Å². The van der Waals surface area contributed by atoms with E-state index in [1.54, 1.807) is 0 Å². The van der Waals surface area contributed by atoms with Crippen LogP contribution in [0.4, 0.5) is 0 Å². The van der Waals surface area contributed by atoms with Crippen LogP contribution in [0.15, 0.2) is 0 Å². The first-order valence-corrected chi connectivity index (χ1v) is 5.07. The molecule has 12 heavy (non-hydrogen) atoms. The number of nitrogens with one attached hydrogen (secondary N) is 1. The van der Waals surface area contributed by atoms with Gasteiger partial charge in [-0.05, 0) is 38.8 Å². The lowest BCUT2D eigenvalue weighted by Gasteiger charge is -2.24. The number of nitrogens with zero attached hydrogens (tertiary/aromatic N) is 1. The Kier molecular flexibility index (Phi) is 2.98. The van der Waals surface area contributed by atoms with Crippen LogP contribution in [0.3, 0.4) is 0 Å². The molecule has 0 aromatic rings. The quantitative estimate of drug-likeness (QED) is 0.629. The first-order chi connectivity index (χ1) is 5.97. The van der Waals surface area contributed by atoms with E-state index in [9.17, 15) is 0 Å². The van der Waals surface area contributed by atoms with Crippen LogP contribution in [0.25, 0.3) is 0 Å². The predicted octanol–water partition coefficient (Wildman–Crippen LogP) is 0.766. The first kappa shape index (κ1) is 8.48. The molecule has 0 aliphatic carbocycles. The number of rotatable bonds is 1. The van der Waals surface area contributed by atoms with Gasteiger partial charge in [-0.2, -0.15) is 5.06 Å². The summed E-state index contributed by atoms with van der Waals surface area (Å²) < 4.78 is 0. The zero-order valence-electron chi connectivity index (χ0n) is 7.59. The monoisotopic (exact) mass is 170 g/mol. The molecule has 2 aliphatic heterocycles. The lowest BCUT2D eigenvalue weighted by atomic mass is 10.1. The van der Waals surface area contributed by atoms with Crippen molar-refractivity contribution in [3.63, 3.8) is 0 Å². The topological polar surface area (TPSA) is 24.5 Å². The molecule has 0 radical (unpaired) electrons. The zero-order chi connectivity index (χ0) is 8.23. The number of hydrogen-bond acceptors (Lipinski definition) is 3. The van der Waals surface area contributed by atoms with E-state index in [0.717, 1.165) is 19.7 Å². The van der Waals surface area contributed by atoms with Crippen LogP contribution in [-0.2, 0) is 4.84 Å². The smallest absolute Gasteiger partial charge is 0.0698 e. The Hall–Kier alpha value is -0.120. The molecule has 70 valence electrons. The third-order valence-electron chi connectivity index (χ3n) is 2.73. The molecule has 1 unspecified atom stereocenters. The molecule has 0 bridgehead atoms. The van der Waals surface area contributed by atoms with Gasteiger partial charge in [-0.1, -0.05) is 0 Å². The second-order valence-corrected chi connectivity index (χ2v) is 3.66. The normalized spacial score (nSPS) is 33.5. The van der Waals surface area contributed by atoms with Gasteiger partial charge in [0.05, 0.1) is 6.61 Å². The maximum absolute atomic E-state index is 5.55. The summed E-state index contributed by atoms with van der Waals surface area (Å²) in [5, 5.41) is 5.62. The van der Waals surface area contributed by atoms with Crippen molar-refractivity contribution in [1.82, 2.24) is 10.4 Å². The van der Waals surface area contributed by atoms with Crippen LogP contribution in [0.2, 0.25) is 0 Å². The van der Waals surface area contributed by atoms with Crippen LogP contribution in [0, 0.1) is 0 Å². The minimum absolute atomic E-state index is 0.683. The van der Waals surface area contributed by atoms with Gasteiger partial charge in [0.1, 0.15) is 0 Å². The van der Waals surface area contributed by atoms with Crippen LogP contribution in [0.5, 0.6) is 0 Å². The lowest BCUT2D eigenvalue weighted by molar-refractivity contribution is -0.143.